The van der Waals surface area contributed by atoms with Gasteiger partial charge in [-0.3, -0.25) is 5.43 Å². The Morgan fingerprint density at radius 3 is 2.73 bits per heavy atom. The number of nitrogens with zero attached hydrogens (tertiary/aromatic N) is 1. The van der Waals surface area contributed by atoms with Crippen molar-refractivity contribution in [2.75, 3.05) is 26.9 Å². The molecule has 2 aromatic carbocycles. The molecule has 1 heterocycles. The number of hydrazone groups is 1. The molecule has 0 aromatic heterocycles. The predicted octanol–water partition coefficient (Wildman–Crippen LogP) is 3.43. The highest BCUT2D eigenvalue weighted by atomic mass is 127. The summed E-state index contributed by atoms with van der Waals surface area (Å²) in [5.41, 5.74) is 4.56. The van der Waals surface area contributed by atoms with Crippen LogP contribution in [-0.4, -0.2) is 56.5 Å². The molecular weight excluding hydrogens is 746 g/mol. The van der Waals surface area contributed by atoms with Gasteiger partial charge in [-0.15, -0.1) is 6.42 Å². The first-order valence-corrected chi connectivity index (χ1v) is 14.1. The van der Waals surface area contributed by atoms with E-state index in [0.717, 1.165) is 7.14 Å². The third-order valence-electron chi connectivity index (χ3n) is 5.44. The summed E-state index contributed by atoms with van der Waals surface area (Å²) in [7, 11) is 1.27. The van der Waals surface area contributed by atoms with E-state index < -0.39 is 24.3 Å². The summed E-state index contributed by atoms with van der Waals surface area (Å²) in [6.07, 6.45) is 5.70. The zero-order valence-electron chi connectivity index (χ0n) is 21.9. The van der Waals surface area contributed by atoms with Crippen molar-refractivity contribution in [2.45, 2.75) is 26.1 Å². The Bertz CT molecular complexity index is 1360. The quantitative estimate of drug-likeness (QED) is 0.0643. The first kappa shape index (κ1) is 31.3. The summed E-state index contributed by atoms with van der Waals surface area (Å²) < 4.78 is 23.9. The third kappa shape index (κ3) is 8.15. The van der Waals surface area contributed by atoms with E-state index in [1.54, 1.807) is 25.1 Å². The maximum Gasteiger partial charge on any atom is 0.337 e. The number of hydrogen-bond acceptors (Lipinski definition) is 9. The van der Waals surface area contributed by atoms with Crippen molar-refractivity contribution in [1.29, 1.82) is 0 Å². The van der Waals surface area contributed by atoms with Gasteiger partial charge in [0.2, 0.25) is 0 Å². The molecule has 0 unspecified atom stereocenters. The number of ether oxygens (including phenoxy) is 4. The number of urea groups is 1. The largest absolute Gasteiger partial charge is 0.490 e. The standard InChI is InChI=1S/C27H28I2N4O7/c1-5-9-39-25-17(10-18(28)12-19(25)29)13-30-33-22(34)14-40-20-8-7-16(11-21(20)38-6-2)24-23(26(35)37-4)15(3)31-27(36)32-24/h1,7-8,10-13,22,24,33-34H,6,9,14H2,2-4H3,(H2,31,32,36)/b30-13+/t22-,24-/m0/s1. The Hall–Kier alpha value is -3.23. The van der Waals surface area contributed by atoms with Crippen LogP contribution >= 0.6 is 45.2 Å². The van der Waals surface area contributed by atoms with Gasteiger partial charge in [0.1, 0.15) is 19.0 Å². The molecule has 1 aliphatic rings. The Labute approximate surface area is 259 Å². The number of nitrogens with one attached hydrogen (secondary N) is 3. The number of amides is 2. The van der Waals surface area contributed by atoms with Gasteiger partial charge in [0, 0.05) is 14.8 Å². The fourth-order valence-corrected chi connectivity index (χ4v) is 5.80. The number of rotatable bonds is 12. The normalized spacial score (nSPS) is 15.5. The van der Waals surface area contributed by atoms with Gasteiger partial charge in [-0.05, 0) is 88.9 Å². The fraction of sp³-hybridized carbons (Fsp3) is 0.296. The lowest BCUT2D eigenvalue weighted by atomic mass is 9.95. The highest BCUT2D eigenvalue weighted by Crippen LogP contribution is 2.35. The Balaban J connectivity index is 1.72. The van der Waals surface area contributed by atoms with Gasteiger partial charge in [-0.2, -0.15) is 5.10 Å². The van der Waals surface area contributed by atoms with Crippen LogP contribution in [0.5, 0.6) is 17.2 Å². The van der Waals surface area contributed by atoms with E-state index in [-0.39, 0.29) is 18.8 Å². The SMILES string of the molecule is C#CCOc1c(I)cc(I)cc1/C=N/N[C@@H](O)COc1ccc([C@@H]2NC(=O)NC(C)=C2C(=O)OC)cc1OCC. The van der Waals surface area contributed by atoms with Crippen LogP contribution in [0, 0.1) is 19.5 Å². The van der Waals surface area contributed by atoms with Gasteiger partial charge < -0.3 is 34.7 Å². The molecule has 13 heteroatoms. The molecule has 0 saturated carbocycles. The van der Waals surface area contributed by atoms with Crippen LogP contribution in [-0.2, 0) is 9.53 Å². The minimum Gasteiger partial charge on any atom is -0.490 e. The molecule has 212 valence electrons. The van der Waals surface area contributed by atoms with Crippen molar-refractivity contribution in [2.24, 2.45) is 5.10 Å². The van der Waals surface area contributed by atoms with Gasteiger partial charge in [-0.25, -0.2) is 9.59 Å². The molecule has 0 saturated heterocycles. The number of aliphatic hydroxyl groups is 1. The van der Waals surface area contributed by atoms with Crippen molar-refractivity contribution >= 4 is 63.4 Å². The second kappa shape index (κ2) is 15.0. The Morgan fingerprint density at radius 1 is 1.25 bits per heavy atom. The van der Waals surface area contributed by atoms with Crippen LogP contribution < -0.4 is 30.3 Å². The smallest absolute Gasteiger partial charge is 0.337 e. The molecule has 0 radical (unpaired) electrons. The van der Waals surface area contributed by atoms with E-state index in [1.165, 1.54) is 13.3 Å². The summed E-state index contributed by atoms with van der Waals surface area (Å²) in [6.45, 7) is 3.73. The van der Waals surface area contributed by atoms with Crippen molar-refractivity contribution in [1.82, 2.24) is 16.1 Å². The number of aliphatic hydroxyl groups excluding tert-OH is 1. The van der Waals surface area contributed by atoms with E-state index in [9.17, 15) is 14.7 Å². The molecule has 3 rings (SSSR count). The lowest BCUT2D eigenvalue weighted by Gasteiger charge is -2.28. The lowest BCUT2D eigenvalue weighted by molar-refractivity contribution is -0.136. The number of allylic oxidation sites excluding steroid dienone is 1. The number of hydrogen-bond donors (Lipinski definition) is 4. The molecule has 2 aromatic rings. The molecule has 40 heavy (non-hydrogen) atoms. The van der Waals surface area contributed by atoms with Crippen LogP contribution in [0.1, 0.15) is 31.0 Å². The molecule has 2 atom stereocenters. The van der Waals surface area contributed by atoms with Crippen LogP contribution in [0.15, 0.2) is 46.7 Å². The summed E-state index contributed by atoms with van der Waals surface area (Å²) >= 11 is 4.35. The van der Waals surface area contributed by atoms with Crippen LogP contribution in [0.25, 0.3) is 0 Å². The molecule has 0 bridgehead atoms. The number of esters is 1. The second-order valence-corrected chi connectivity index (χ2v) is 10.6. The van der Waals surface area contributed by atoms with Gasteiger partial charge in [-0.1, -0.05) is 12.0 Å². The third-order valence-corrected chi connectivity index (χ3v) is 6.86. The summed E-state index contributed by atoms with van der Waals surface area (Å²) in [6, 6.07) is 7.63. The molecule has 1 aliphatic heterocycles. The highest BCUT2D eigenvalue weighted by molar-refractivity contribution is 14.1. The molecule has 2 amide bonds. The van der Waals surface area contributed by atoms with Gasteiger partial charge in [0.15, 0.2) is 17.7 Å². The van der Waals surface area contributed by atoms with E-state index in [1.807, 2.05) is 19.1 Å². The van der Waals surface area contributed by atoms with Crippen molar-refractivity contribution in [3.63, 3.8) is 0 Å². The number of halogens is 2. The number of carbonyl (C=O) groups is 2. The van der Waals surface area contributed by atoms with E-state index in [0.29, 0.717) is 40.7 Å². The fourth-order valence-electron chi connectivity index (χ4n) is 3.76. The molecule has 0 spiro atoms. The van der Waals surface area contributed by atoms with Crippen molar-refractivity contribution in [3.8, 4) is 29.6 Å². The summed E-state index contributed by atoms with van der Waals surface area (Å²) in [5.74, 6) is 3.19. The maximum absolute atomic E-state index is 12.4. The number of carbonyl (C=O) groups excluding carboxylic acids is 2. The summed E-state index contributed by atoms with van der Waals surface area (Å²) in [4.78, 5) is 24.5. The first-order valence-electron chi connectivity index (χ1n) is 12.0. The average molecular weight is 774 g/mol. The highest BCUT2D eigenvalue weighted by Gasteiger charge is 2.32. The lowest BCUT2D eigenvalue weighted by Crippen LogP contribution is -2.45. The monoisotopic (exact) mass is 774 g/mol. The van der Waals surface area contributed by atoms with Crippen LogP contribution in [0.4, 0.5) is 4.79 Å². The number of benzene rings is 2. The van der Waals surface area contributed by atoms with Gasteiger partial charge in [0.25, 0.3) is 0 Å². The van der Waals surface area contributed by atoms with Crippen LogP contribution in [0.3, 0.4) is 0 Å². The zero-order valence-corrected chi connectivity index (χ0v) is 26.2. The molecular formula is C27H28I2N4O7. The van der Waals surface area contributed by atoms with Gasteiger partial charge in [0.05, 0.1) is 35.1 Å². The molecule has 4 N–H and O–H groups in total. The molecule has 11 nitrogen and oxygen atoms in total. The van der Waals surface area contributed by atoms with Crippen molar-refractivity contribution in [3.05, 3.63) is 59.9 Å². The number of methoxy groups -OCH3 is 1. The summed E-state index contributed by atoms with van der Waals surface area (Å²) in [5, 5.41) is 19.8. The minimum atomic E-state index is -1.15. The number of terminal acetylenes is 1. The van der Waals surface area contributed by atoms with Crippen LogP contribution in [0.2, 0.25) is 0 Å². The maximum atomic E-state index is 12.4. The van der Waals surface area contributed by atoms with E-state index in [4.69, 9.17) is 25.4 Å². The predicted molar refractivity (Wildman–Crippen MR) is 165 cm³/mol. The second-order valence-electron chi connectivity index (χ2n) is 8.21. The first-order chi connectivity index (χ1) is 19.2. The Morgan fingerprint density at radius 2 is 2.02 bits per heavy atom. The average Bonchev–Trinajstić information content (AvgIpc) is 2.91. The zero-order chi connectivity index (χ0) is 29.2. The topological polar surface area (TPSA) is 140 Å². The Kier molecular flexibility index (Phi) is 11.7. The molecule has 0 aliphatic carbocycles. The minimum absolute atomic E-state index is 0.117. The van der Waals surface area contributed by atoms with E-state index in [2.05, 4.69) is 72.3 Å². The van der Waals surface area contributed by atoms with Gasteiger partial charge >= 0.3 is 12.0 Å². The van der Waals surface area contributed by atoms with Crippen molar-refractivity contribution < 1.29 is 33.6 Å². The molecule has 0 fully saturated rings. The van der Waals surface area contributed by atoms with E-state index >= 15 is 0 Å².